The number of nitrogens with one attached hydrogen (secondary N) is 1. The van der Waals surface area contributed by atoms with Gasteiger partial charge in [0, 0.05) is 38.3 Å². The zero-order chi connectivity index (χ0) is 18.2. The van der Waals surface area contributed by atoms with Crippen molar-refractivity contribution in [3.8, 4) is 0 Å². The molecule has 1 fully saturated rings. The van der Waals surface area contributed by atoms with Gasteiger partial charge < -0.3 is 10.2 Å². The lowest BCUT2D eigenvalue weighted by atomic mass is 9.97. The molecule has 0 aromatic heterocycles. The fourth-order valence-corrected chi connectivity index (χ4v) is 3.63. The van der Waals surface area contributed by atoms with Crippen molar-refractivity contribution in [3.05, 3.63) is 47.5 Å². The van der Waals surface area contributed by atoms with E-state index in [2.05, 4.69) is 16.3 Å². The van der Waals surface area contributed by atoms with E-state index in [4.69, 9.17) is 0 Å². The van der Waals surface area contributed by atoms with E-state index >= 15 is 0 Å². The molecule has 1 aliphatic carbocycles. The van der Waals surface area contributed by atoms with Crippen LogP contribution in [0.5, 0.6) is 0 Å². The van der Waals surface area contributed by atoms with Crippen LogP contribution >= 0.6 is 0 Å². The number of allylic oxidation sites excluding steroid dienone is 1. The van der Waals surface area contributed by atoms with Crippen molar-refractivity contribution in [2.75, 3.05) is 39.3 Å². The first kappa shape index (κ1) is 18.6. The maximum Gasteiger partial charge on any atom is 0.253 e. The maximum absolute atomic E-state index is 12.4. The normalized spacial score (nSPS) is 18.3. The summed E-state index contributed by atoms with van der Waals surface area (Å²) < 4.78 is 0. The predicted molar refractivity (Wildman–Crippen MR) is 103 cm³/mol. The SMILES string of the molecule is O=C(CN1CCN(C(=O)c2ccccc2)CC1)NCCC1=CCCCC1. The van der Waals surface area contributed by atoms with E-state index in [-0.39, 0.29) is 11.8 Å². The summed E-state index contributed by atoms with van der Waals surface area (Å²) >= 11 is 0. The highest BCUT2D eigenvalue weighted by Gasteiger charge is 2.23. The van der Waals surface area contributed by atoms with E-state index in [9.17, 15) is 9.59 Å². The summed E-state index contributed by atoms with van der Waals surface area (Å²) in [6, 6.07) is 9.39. The average molecular weight is 355 g/mol. The second-order valence-corrected chi connectivity index (χ2v) is 7.14. The number of carbonyl (C=O) groups excluding carboxylic acids is 2. The Balaban J connectivity index is 1.35. The minimum Gasteiger partial charge on any atom is -0.355 e. The number of carbonyl (C=O) groups is 2. The minimum absolute atomic E-state index is 0.0791. The third kappa shape index (κ3) is 5.43. The molecule has 5 nitrogen and oxygen atoms in total. The van der Waals surface area contributed by atoms with Crippen molar-refractivity contribution in [1.29, 1.82) is 0 Å². The molecule has 1 aromatic rings. The van der Waals surface area contributed by atoms with Crippen LogP contribution in [0.2, 0.25) is 0 Å². The molecule has 3 rings (SSSR count). The highest BCUT2D eigenvalue weighted by atomic mass is 16.2. The molecular weight excluding hydrogens is 326 g/mol. The van der Waals surface area contributed by atoms with E-state index < -0.39 is 0 Å². The Bertz CT molecular complexity index is 634. The first-order chi connectivity index (χ1) is 12.7. The zero-order valence-electron chi connectivity index (χ0n) is 15.5. The highest BCUT2D eigenvalue weighted by molar-refractivity contribution is 5.94. The van der Waals surface area contributed by atoms with Crippen LogP contribution in [0, 0.1) is 0 Å². The Morgan fingerprint density at radius 3 is 2.46 bits per heavy atom. The van der Waals surface area contributed by atoms with Gasteiger partial charge in [-0.25, -0.2) is 0 Å². The molecule has 1 aliphatic heterocycles. The smallest absolute Gasteiger partial charge is 0.253 e. The van der Waals surface area contributed by atoms with Crippen molar-refractivity contribution in [2.24, 2.45) is 0 Å². The summed E-state index contributed by atoms with van der Waals surface area (Å²) in [6.07, 6.45) is 8.27. The fraction of sp³-hybridized carbons (Fsp3) is 0.524. The second-order valence-electron chi connectivity index (χ2n) is 7.14. The molecule has 1 N–H and O–H groups in total. The number of benzene rings is 1. The molecule has 1 saturated heterocycles. The molecule has 1 aromatic carbocycles. The number of nitrogens with zero attached hydrogens (tertiary/aromatic N) is 2. The second kappa shape index (κ2) is 9.53. The quantitative estimate of drug-likeness (QED) is 0.798. The van der Waals surface area contributed by atoms with E-state index in [1.165, 1.54) is 31.3 Å². The summed E-state index contributed by atoms with van der Waals surface area (Å²) in [5.74, 6) is 0.166. The molecule has 0 unspecified atom stereocenters. The topological polar surface area (TPSA) is 52.7 Å². The van der Waals surface area contributed by atoms with Gasteiger partial charge >= 0.3 is 0 Å². The van der Waals surface area contributed by atoms with Gasteiger partial charge in [-0.3, -0.25) is 14.5 Å². The Labute approximate surface area is 156 Å². The summed E-state index contributed by atoms with van der Waals surface area (Å²) in [4.78, 5) is 28.6. The molecule has 5 heteroatoms. The summed E-state index contributed by atoms with van der Waals surface area (Å²) in [7, 11) is 0. The number of rotatable bonds is 6. The largest absolute Gasteiger partial charge is 0.355 e. The number of hydrogen-bond donors (Lipinski definition) is 1. The van der Waals surface area contributed by atoms with Crippen LogP contribution in [0.1, 0.15) is 42.5 Å². The number of hydrogen-bond acceptors (Lipinski definition) is 3. The standard InChI is InChI=1S/C21H29N3O2/c25-20(22-12-11-18-7-3-1-4-8-18)17-23-13-15-24(16-14-23)21(26)19-9-5-2-6-10-19/h2,5-7,9-10H,1,3-4,8,11-17H2,(H,22,25). The van der Waals surface area contributed by atoms with Crippen molar-refractivity contribution < 1.29 is 9.59 Å². The zero-order valence-corrected chi connectivity index (χ0v) is 15.5. The predicted octanol–water partition coefficient (Wildman–Crippen LogP) is 2.45. The summed E-state index contributed by atoms with van der Waals surface area (Å²) in [5.41, 5.74) is 2.22. The van der Waals surface area contributed by atoms with Gasteiger partial charge in [0.15, 0.2) is 0 Å². The van der Waals surface area contributed by atoms with Crippen LogP contribution in [0.4, 0.5) is 0 Å². The van der Waals surface area contributed by atoms with Crippen LogP contribution in [-0.4, -0.2) is 60.9 Å². The first-order valence-corrected chi connectivity index (χ1v) is 9.73. The van der Waals surface area contributed by atoms with Crippen molar-refractivity contribution in [2.45, 2.75) is 32.1 Å². The van der Waals surface area contributed by atoms with Crippen molar-refractivity contribution in [1.82, 2.24) is 15.1 Å². The van der Waals surface area contributed by atoms with Crippen molar-refractivity contribution in [3.63, 3.8) is 0 Å². The van der Waals surface area contributed by atoms with Gasteiger partial charge in [0.25, 0.3) is 5.91 Å². The fourth-order valence-electron chi connectivity index (χ4n) is 3.63. The van der Waals surface area contributed by atoms with Crippen LogP contribution in [0.15, 0.2) is 42.0 Å². The van der Waals surface area contributed by atoms with Gasteiger partial charge in [-0.2, -0.15) is 0 Å². The molecule has 0 atom stereocenters. The van der Waals surface area contributed by atoms with E-state index in [0.717, 1.165) is 31.6 Å². The summed E-state index contributed by atoms with van der Waals surface area (Å²) in [6.45, 7) is 4.00. The van der Waals surface area contributed by atoms with Gasteiger partial charge in [-0.1, -0.05) is 29.8 Å². The molecule has 0 spiro atoms. The van der Waals surface area contributed by atoms with Crippen LogP contribution in [0.3, 0.4) is 0 Å². The maximum atomic E-state index is 12.4. The lowest BCUT2D eigenvalue weighted by molar-refractivity contribution is -0.122. The van der Waals surface area contributed by atoms with Gasteiger partial charge in [0.1, 0.15) is 0 Å². The van der Waals surface area contributed by atoms with Crippen LogP contribution in [-0.2, 0) is 4.79 Å². The molecule has 26 heavy (non-hydrogen) atoms. The van der Waals surface area contributed by atoms with Crippen molar-refractivity contribution >= 4 is 11.8 Å². The monoisotopic (exact) mass is 355 g/mol. The van der Waals surface area contributed by atoms with Crippen LogP contribution in [0.25, 0.3) is 0 Å². The van der Waals surface area contributed by atoms with E-state index in [1.807, 2.05) is 35.2 Å². The molecule has 2 amide bonds. The third-order valence-electron chi connectivity index (χ3n) is 5.20. The first-order valence-electron chi connectivity index (χ1n) is 9.73. The molecule has 1 heterocycles. The van der Waals surface area contributed by atoms with Gasteiger partial charge in [0.05, 0.1) is 6.54 Å². The molecule has 0 saturated carbocycles. The Morgan fingerprint density at radius 2 is 1.77 bits per heavy atom. The van der Waals surface area contributed by atoms with E-state index in [0.29, 0.717) is 19.6 Å². The molecule has 140 valence electrons. The minimum atomic E-state index is 0.0791. The van der Waals surface area contributed by atoms with Gasteiger partial charge in [0.2, 0.25) is 5.91 Å². The van der Waals surface area contributed by atoms with E-state index in [1.54, 1.807) is 0 Å². The number of amides is 2. The third-order valence-corrected chi connectivity index (χ3v) is 5.20. The molecule has 0 radical (unpaired) electrons. The highest BCUT2D eigenvalue weighted by Crippen LogP contribution is 2.19. The Morgan fingerprint density at radius 1 is 1.00 bits per heavy atom. The number of piperazine rings is 1. The lowest BCUT2D eigenvalue weighted by Gasteiger charge is -2.34. The molecular formula is C21H29N3O2. The van der Waals surface area contributed by atoms with Gasteiger partial charge in [-0.15, -0.1) is 0 Å². The molecule has 2 aliphatic rings. The Hall–Kier alpha value is -2.14. The Kier molecular flexibility index (Phi) is 6.83. The van der Waals surface area contributed by atoms with Crippen LogP contribution < -0.4 is 5.32 Å². The van der Waals surface area contributed by atoms with Gasteiger partial charge in [-0.05, 0) is 44.2 Å². The average Bonchev–Trinajstić information content (AvgIpc) is 2.69. The molecule has 0 bridgehead atoms. The summed E-state index contributed by atoms with van der Waals surface area (Å²) in [5, 5.41) is 3.04. The lowest BCUT2D eigenvalue weighted by Crippen LogP contribution is -2.51.